The van der Waals surface area contributed by atoms with Crippen LogP contribution in [-0.2, 0) is 5.41 Å². The molecule has 0 amide bonds. The monoisotopic (exact) mass is 314 g/mol. The normalized spacial score (nSPS) is 30.4. The fraction of sp³-hybridized carbons (Fsp3) is 0.538. The van der Waals surface area contributed by atoms with Gasteiger partial charge in [0.15, 0.2) is 5.65 Å². The van der Waals surface area contributed by atoms with Crippen LogP contribution in [0, 0.1) is 19.3 Å². The minimum atomic E-state index is -4.22. The number of nitrogens with zero attached hydrogens (tertiary/aromatic N) is 4. The molecule has 2 aromatic heterocycles. The maximum atomic E-state index is 13.1. The van der Waals surface area contributed by atoms with Crippen molar-refractivity contribution in [1.29, 1.82) is 0 Å². The zero-order chi connectivity index (χ0) is 15.2. The van der Waals surface area contributed by atoms with Gasteiger partial charge in [-0.15, -0.1) is 0 Å². The lowest BCUT2D eigenvalue weighted by Crippen LogP contribution is -2.16. The Kier molecular flexibility index (Phi) is 2.17. The number of hydrogen-bond acceptors (Lipinski definition) is 4. The first kappa shape index (κ1) is 13.2. The third-order valence-electron chi connectivity index (χ3n) is 4.78. The summed E-state index contributed by atoms with van der Waals surface area (Å²) >= 11 is 5.86. The Morgan fingerprint density at radius 3 is 2.19 bits per heavy atom. The number of fused-ring (bicyclic) bond motifs is 2. The molecule has 110 valence electrons. The quantitative estimate of drug-likeness (QED) is 0.758. The van der Waals surface area contributed by atoms with Gasteiger partial charge < -0.3 is 0 Å². The highest BCUT2D eigenvalue weighted by molar-refractivity contribution is 6.28. The maximum absolute atomic E-state index is 13.1. The number of aromatic nitrogens is 4. The molecule has 0 aromatic carbocycles. The topological polar surface area (TPSA) is 51.6 Å². The Balaban J connectivity index is 1.94. The lowest BCUT2D eigenvalue weighted by Gasteiger charge is -2.08. The van der Waals surface area contributed by atoms with Crippen molar-refractivity contribution >= 4 is 22.8 Å². The number of rotatable bonds is 1. The van der Waals surface area contributed by atoms with Crippen molar-refractivity contribution in [1.82, 2.24) is 19.9 Å². The summed E-state index contributed by atoms with van der Waals surface area (Å²) in [5, 5.41) is -0.0840. The van der Waals surface area contributed by atoms with Crippen molar-refractivity contribution in [2.75, 3.05) is 0 Å². The largest absolute Gasteiger partial charge is 0.395 e. The van der Waals surface area contributed by atoms with Crippen LogP contribution >= 0.6 is 11.6 Å². The minimum absolute atomic E-state index is 0.0561. The van der Waals surface area contributed by atoms with E-state index >= 15 is 0 Å². The van der Waals surface area contributed by atoms with E-state index in [1.807, 2.05) is 0 Å². The van der Waals surface area contributed by atoms with Gasteiger partial charge in [-0.3, -0.25) is 0 Å². The van der Waals surface area contributed by atoms with Crippen LogP contribution in [0.2, 0.25) is 5.28 Å². The molecule has 2 aliphatic rings. The van der Waals surface area contributed by atoms with Gasteiger partial charge in [0.2, 0.25) is 5.28 Å². The van der Waals surface area contributed by atoms with Crippen LogP contribution in [0.25, 0.3) is 11.2 Å². The highest BCUT2D eigenvalue weighted by Gasteiger charge is 2.94. The number of alkyl halides is 3. The van der Waals surface area contributed by atoms with Crippen LogP contribution in [0.1, 0.15) is 29.9 Å². The first-order chi connectivity index (χ1) is 9.70. The Labute approximate surface area is 122 Å². The summed E-state index contributed by atoms with van der Waals surface area (Å²) in [6.45, 7) is 3.53. The van der Waals surface area contributed by atoms with Crippen molar-refractivity contribution < 1.29 is 13.2 Å². The Morgan fingerprint density at radius 2 is 1.62 bits per heavy atom. The number of aryl methyl sites for hydroxylation is 2. The van der Waals surface area contributed by atoms with Gasteiger partial charge in [-0.25, -0.2) is 15.0 Å². The second-order valence-corrected chi connectivity index (χ2v) is 6.26. The molecule has 2 aliphatic carbocycles. The number of hydrogen-bond donors (Lipinski definition) is 0. The van der Waals surface area contributed by atoms with E-state index in [0.29, 0.717) is 22.6 Å². The molecular formula is C13H10ClF3N4. The highest BCUT2D eigenvalue weighted by Crippen LogP contribution is 2.90. The molecule has 0 bridgehead atoms. The fourth-order valence-electron chi connectivity index (χ4n) is 3.18. The van der Waals surface area contributed by atoms with Crippen molar-refractivity contribution in [3.63, 3.8) is 0 Å². The summed E-state index contributed by atoms with van der Waals surface area (Å²) in [4.78, 5) is 16.7. The lowest BCUT2D eigenvalue weighted by molar-refractivity contribution is -0.167. The van der Waals surface area contributed by atoms with Gasteiger partial charge in [0, 0.05) is 5.41 Å². The smallest absolute Gasteiger partial charge is 0.246 e. The van der Waals surface area contributed by atoms with E-state index in [0.717, 1.165) is 0 Å². The van der Waals surface area contributed by atoms with Crippen molar-refractivity contribution in [3.8, 4) is 0 Å². The molecular weight excluding hydrogens is 305 g/mol. The zero-order valence-electron chi connectivity index (χ0n) is 11.2. The predicted molar refractivity (Wildman–Crippen MR) is 69.0 cm³/mol. The number of halogens is 4. The third kappa shape index (κ3) is 1.47. The van der Waals surface area contributed by atoms with E-state index in [1.165, 1.54) is 0 Å². The van der Waals surface area contributed by atoms with Crippen LogP contribution in [0.5, 0.6) is 0 Å². The summed E-state index contributed by atoms with van der Waals surface area (Å²) < 4.78 is 39.4. The average Bonchev–Trinajstić information content (AvgIpc) is 3.15. The Bertz CT molecular complexity index is 796. The Morgan fingerprint density at radius 1 is 1.00 bits per heavy atom. The summed E-state index contributed by atoms with van der Waals surface area (Å²) in [6.07, 6.45) is -4.11. The molecule has 0 radical (unpaired) electrons. The maximum Gasteiger partial charge on any atom is 0.395 e. The standard InChI is InChI=1S/C13H10ClF3N4/c1-5-6(2)19-9-7(18-5)8(20-10(14)21-9)11-3-12(11,4-11)13(15,16)17/h3-4H2,1-2H3. The summed E-state index contributed by atoms with van der Waals surface area (Å²) in [6, 6.07) is 0. The van der Waals surface area contributed by atoms with Crippen LogP contribution in [0.3, 0.4) is 0 Å². The SMILES string of the molecule is Cc1nc2nc(Cl)nc(C34CC3(C(F)(F)F)C4)c2nc1C. The summed E-state index contributed by atoms with van der Waals surface area (Å²) in [5.41, 5.74) is -0.370. The second-order valence-electron chi connectivity index (χ2n) is 5.92. The molecule has 2 saturated carbocycles. The van der Waals surface area contributed by atoms with Gasteiger partial charge in [-0.2, -0.15) is 18.2 Å². The van der Waals surface area contributed by atoms with Gasteiger partial charge >= 0.3 is 6.18 Å². The zero-order valence-corrected chi connectivity index (χ0v) is 12.0. The third-order valence-corrected chi connectivity index (χ3v) is 4.95. The molecule has 0 spiro atoms. The molecule has 8 heteroatoms. The van der Waals surface area contributed by atoms with E-state index in [4.69, 9.17) is 11.6 Å². The predicted octanol–water partition coefficient (Wildman–Crippen LogP) is 3.28. The van der Waals surface area contributed by atoms with Crippen molar-refractivity contribution in [3.05, 3.63) is 22.4 Å². The van der Waals surface area contributed by atoms with Gasteiger partial charge in [0.05, 0.1) is 22.5 Å². The van der Waals surface area contributed by atoms with Gasteiger partial charge in [-0.1, -0.05) is 0 Å². The average molecular weight is 315 g/mol. The first-order valence-corrected chi connectivity index (χ1v) is 6.84. The van der Waals surface area contributed by atoms with E-state index in [-0.39, 0.29) is 23.8 Å². The molecule has 0 N–H and O–H groups in total. The molecule has 0 aliphatic heterocycles. The van der Waals surface area contributed by atoms with Crippen molar-refractivity contribution in [2.45, 2.75) is 38.3 Å². The van der Waals surface area contributed by atoms with Gasteiger partial charge in [0.1, 0.15) is 5.52 Å². The first-order valence-electron chi connectivity index (χ1n) is 6.46. The minimum Gasteiger partial charge on any atom is -0.246 e. The molecule has 0 saturated heterocycles. The Hall–Kier alpha value is -1.50. The molecule has 0 atom stereocenters. The molecule has 2 fully saturated rings. The van der Waals surface area contributed by atoms with Gasteiger partial charge in [-0.05, 0) is 38.3 Å². The fourth-order valence-corrected chi connectivity index (χ4v) is 3.34. The summed E-state index contributed by atoms with van der Waals surface area (Å²) in [7, 11) is 0. The highest BCUT2D eigenvalue weighted by atomic mass is 35.5. The van der Waals surface area contributed by atoms with Crippen LogP contribution in [0.4, 0.5) is 13.2 Å². The van der Waals surface area contributed by atoms with Crippen LogP contribution in [0.15, 0.2) is 0 Å². The van der Waals surface area contributed by atoms with E-state index < -0.39 is 17.0 Å². The molecule has 2 aromatic rings. The second kappa shape index (κ2) is 3.45. The van der Waals surface area contributed by atoms with Crippen molar-refractivity contribution in [2.24, 2.45) is 5.41 Å². The summed E-state index contributed by atoms with van der Waals surface area (Å²) in [5.74, 6) is 0. The molecule has 4 rings (SSSR count). The lowest BCUT2D eigenvalue weighted by atomic mass is 10.1. The van der Waals surface area contributed by atoms with E-state index in [1.54, 1.807) is 13.8 Å². The molecule has 0 unspecified atom stereocenters. The molecule has 21 heavy (non-hydrogen) atoms. The van der Waals surface area contributed by atoms with E-state index in [9.17, 15) is 13.2 Å². The molecule has 2 heterocycles. The van der Waals surface area contributed by atoms with Gasteiger partial charge in [0.25, 0.3) is 0 Å². The molecule has 4 nitrogen and oxygen atoms in total. The van der Waals surface area contributed by atoms with Crippen LogP contribution < -0.4 is 0 Å². The van der Waals surface area contributed by atoms with E-state index in [2.05, 4.69) is 19.9 Å². The van der Waals surface area contributed by atoms with Crippen LogP contribution in [-0.4, -0.2) is 26.1 Å².